The Balaban J connectivity index is 4.47. The average Bonchev–Trinajstić information content (AvgIpc) is 3.27. The number of hydrogen-bond donors (Lipinski definition) is 0. The Labute approximate surface area is 380 Å². The van der Waals surface area contributed by atoms with Crippen LogP contribution in [0, 0.1) is 0 Å². The number of allylic oxidation sites excluding steroid dienone is 18. The molecule has 6 nitrogen and oxygen atoms in total. The van der Waals surface area contributed by atoms with Crippen LogP contribution in [-0.2, 0) is 28.6 Å². The predicted molar refractivity (Wildman–Crippen MR) is 265 cm³/mol. The summed E-state index contributed by atoms with van der Waals surface area (Å²) in [5.41, 5.74) is 0. The van der Waals surface area contributed by atoms with Gasteiger partial charge >= 0.3 is 17.9 Å². The van der Waals surface area contributed by atoms with Gasteiger partial charge in [-0.2, -0.15) is 0 Å². The second-order valence-corrected chi connectivity index (χ2v) is 16.1. The highest BCUT2D eigenvalue weighted by atomic mass is 16.6. The Bertz CT molecular complexity index is 1310. The van der Waals surface area contributed by atoms with E-state index in [1.54, 1.807) is 0 Å². The maximum absolute atomic E-state index is 12.8. The quantitative estimate of drug-likeness (QED) is 0.0200. The van der Waals surface area contributed by atoms with E-state index in [0.29, 0.717) is 19.3 Å². The maximum Gasteiger partial charge on any atom is 0.306 e. The summed E-state index contributed by atoms with van der Waals surface area (Å²) in [7, 11) is 0. The monoisotopic (exact) mass is 859 g/mol. The molecular weight excluding hydrogens is 769 g/mol. The summed E-state index contributed by atoms with van der Waals surface area (Å²) in [6, 6.07) is 0. The van der Waals surface area contributed by atoms with Gasteiger partial charge in [0.1, 0.15) is 13.2 Å². The Morgan fingerprint density at radius 2 is 0.694 bits per heavy atom. The van der Waals surface area contributed by atoms with Gasteiger partial charge in [-0.1, -0.05) is 207 Å². The minimum absolute atomic E-state index is 0.0996. The number of unbranched alkanes of at least 4 members (excludes halogenated alkanes) is 18. The number of esters is 3. The van der Waals surface area contributed by atoms with E-state index in [4.69, 9.17) is 14.2 Å². The zero-order valence-electron chi connectivity index (χ0n) is 39.8. The number of carbonyl (C=O) groups excluding carboxylic acids is 3. The lowest BCUT2D eigenvalue weighted by Crippen LogP contribution is -2.30. The lowest BCUT2D eigenvalue weighted by Gasteiger charge is -2.18. The molecule has 0 spiro atoms. The van der Waals surface area contributed by atoms with Crippen LogP contribution in [0.4, 0.5) is 0 Å². The number of hydrogen-bond acceptors (Lipinski definition) is 6. The van der Waals surface area contributed by atoms with Crippen molar-refractivity contribution in [3.63, 3.8) is 0 Å². The summed E-state index contributed by atoms with van der Waals surface area (Å²) in [6.07, 6.45) is 66.3. The first kappa shape index (κ1) is 58.1. The van der Waals surface area contributed by atoms with Crippen molar-refractivity contribution in [2.75, 3.05) is 13.2 Å². The Hall–Kier alpha value is -3.93. The molecule has 1 atom stereocenters. The molecule has 0 aromatic heterocycles. The van der Waals surface area contributed by atoms with Crippen LogP contribution in [0.1, 0.15) is 207 Å². The SMILES string of the molecule is CC/C=C\C/C=C\CCCCCCCCCC(=O)OC(COC(=O)CCCCCCC\C=C/C=C\C=C/C=C\C=C/CCC)COC(=O)CCCCCCC/C=C\C/C=C\CC. The summed E-state index contributed by atoms with van der Waals surface area (Å²) >= 11 is 0. The zero-order valence-corrected chi connectivity index (χ0v) is 39.8. The highest BCUT2D eigenvalue weighted by molar-refractivity contribution is 5.71. The van der Waals surface area contributed by atoms with Gasteiger partial charge in [0.05, 0.1) is 0 Å². The summed E-state index contributed by atoms with van der Waals surface area (Å²) in [4.78, 5) is 37.9. The van der Waals surface area contributed by atoms with E-state index in [1.807, 2.05) is 30.4 Å². The fourth-order valence-corrected chi connectivity index (χ4v) is 6.43. The zero-order chi connectivity index (χ0) is 45.1. The summed E-state index contributed by atoms with van der Waals surface area (Å²) < 4.78 is 16.7. The van der Waals surface area contributed by atoms with Gasteiger partial charge in [0.2, 0.25) is 0 Å². The second-order valence-electron chi connectivity index (χ2n) is 16.1. The minimum atomic E-state index is -0.800. The molecule has 0 aromatic rings. The van der Waals surface area contributed by atoms with E-state index in [-0.39, 0.29) is 31.1 Å². The summed E-state index contributed by atoms with van der Waals surface area (Å²) in [5.74, 6) is -0.954. The van der Waals surface area contributed by atoms with Crippen LogP contribution in [0.3, 0.4) is 0 Å². The number of carbonyl (C=O) groups is 3. The lowest BCUT2D eigenvalue weighted by molar-refractivity contribution is -0.167. The van der Waals surface area contributed by atoms with Gasteiger partial charge in [-0.3, -0.25) is 14.4 Å². The van der Waals surface area contributed by atoms with Gasteiger partial charge in [-0.05, 0) is 89.9 Å². The molecule has 0 N–H and O–H groups in total. The second kappa shape index (κ2) is 49.7. The summed E-state index contributed by atoms with van der Waals surface area (Å²) in [5, 5.41) is 0. The van der Waals surface area contributed by atoms with E-state index >= 15 is 0 Å². The van der Waals surface area contributed by atoms with Crippen LogP contribution in [0.5, 0.6) is 0 Å². The highest BCUT2D eigenvalue weighted by Gasteiger charge is 2.19. The van der Waals surface area contributed by atoms with E-state index in [0.717, 1.165) is 135 Å². The topological polar surface area (TPSA) is 78.9 Å². The van der Waals surface area contributed by atoms with Crippen molar-refractivity contribution in [1.82, 2.24) is 0 Å². The third kappa shape index (κ3) is 47.1. The van der Waals surface area contributed by atoms with Gasteiger partial charge in [-0.15, -0.1) is 0 Å². The first-order chi connectivity index (χ1) is 30.5. The first-order valence-corrected chi connectivity index (χ1v) is 25.0. The van der Waals surface area contributed by atoms with Crippen molar-refractivity contribution < 1.29 is 28.6 Å². The van der Waals surface area contributed by atoms with Gasteiger partial charge in [-0.25, -0.2) is 0 Å². The molecular formula is C56H90O6. The Kier molecular flexibility index (Phi) is 46.6. The van der Waals surface area contributed by atoms with E-state index in [9.17, 15) is 14.4 Å². The molecule has 1 unspecified atom stereocenters. The van der Waals surface area contributed by atoms with Crippen molar-refractivity contribution in [2.45, 2.75) is 213 Å². The van der Waals surface area contributed by atoms with Crippen LogP contribution in [0.2, 0.25) is 0 Å². The molecule has 0 fully saturated rings. The van der Waals surface area contributed by atoms with Crippen LogP contribution < -0.4 is 0 Å². The molecule has 0 aliphatic carbocycles. The molecule has 6 heteroatoms. The third-order valence-electron chi connectivity index (χ3n) is 10.1. The van der Waals surface area contributed by atoms with E-state index < -0.39 is 6.10 Å². The van der Waals surface area contributed by atoms with Crippen LogP contribution in [-0.4, -0.2) is 37.2 Å². The molecule has 0 aliphatic rings. The third-order valence-corrected chi connectivity index (χ3v) is 10.1. The van der Waals surface area contributed by atoms with E-state index in [2.05, 4.69) is 99.8 Å². The molecule has 0 aliphatic heterocycles. The van der Waals surface area contributed by atoms with Gasteiger partial charge < -0.3 is 14.2 Å². The number of ether oxygens (including phenoxy) is 3. The van der Waals surface area contributed by atoms with Gasteiger partial charge in [0.15, 0.2) is 6.10 Å². The molecule has 0 radical (unpaired) electrons. The largest absolute Gasteiger partial charge is 0.462 e. The smallest absolute Gasteiger partial charge is 0.306 e. The maximum atomic E-state index is 12.8. The predicted octanol–water partition coefficient (Wildman–Crippen LogP) is 16.4. The van der Waals surface area contributed by atoms with Crippen molar-refractivity contribution in [3.05, 3.63) is 109 Å². The average molecular weight is 859 g/mol. The fourth-order valence-electron chi connectivity index (χ4n) is 6.43. The Morgan fingerprint density at radius 3 is 1.11 bits per heavy atom. The van der Waals surface area contributed by atoms with Crippen molar-refractivity contribution >= 4 is 17.9 Å². The Morgan fingerprint density at radius 1 is 0.355 bits per heavy atom. The standard InChI is InChI=1S/C56H90O6/c1-4-7-10-13-16-19-22-25-27-28-29-30-32-34-37-40-43-46-49-55(58)61-52-53(51-60-54(57)48-45-42-39-36-33-24-21-18-15-12-9-6-3)62-56(59)50-47-44-41-38-35-31-26-23-20-17-14-11-8-5-2/h8-13,16-22,25,27-30,53H,4-7,14-15,23-24,26,31-52H2,1-3H3/b11-8-,12-9-,13-10-,19-16-,20-17-,21-18-,25-22-,28-27-,30-29-. The molecule has 0 bridgehead atoms. The van der Waals surface area contributed by atoms with E-state index in [1.165, 1.54) is 32.1 Å². The van der Waals surface area contributed by atoms with Gasteiger partial charge in [0, 0.05) is 19.3 Å². The molecule has 62 heavy (non-hydrogen) atoms. The minimum Gasteiger partial charge on any atom is -0.462 e. The van der Waals surface area contributed by atoms with Crippen LogP contribution in [0.25, 0.3) is 0 Å². The number of rotatable bonds is 43. The van der Waals surface area contributed by atoms with Crippen molar-refractivity contribution in [3.8, 4) is 0 Å². The molecule has 0 rings (SSSR count). The molecule has 0 heterocycles. The molecule has 0 amide bonds. The van der Waals surface area contributed by atoms with Crippen LogP contribution in [0.15, 0.2) is 109 Å². The normalized spacial score (nSPS) is 13.0. The van der Waals surface area contributed by atoms with Gasteiger partial charge in [0.25, 0.3) is 0 Å². The summed E-state index contributed by atoms with van der Waals surface area (Å²) in [6.45, 7) is 6.27. The molecule has 350 valence electrons. The first-order valence-electron chi connectivity index (χ1n) is 25.0. The van der Waals surface area contributed by atoms with Crippen LogP contribution >= 0.6 is 0 Å². The molecule has 0 aromatic carbocycles. The van der Waals surface area contributed by atoms with Crippen molar-refractivity contribution in [1.29, 1.82) is 0 Å². The van der Waals surface area contributed by atoms with Crippen molar-refractivity contribution in [2.24, 2.45) is 0 Å². The molecule has 0 saturated carbocycles. The fraction of sp³-hybridized carbons (Fsp3) is 0.625. The lowest BCUT2D eigenvalue weighted by atomic mass is 10.1. The highest BCUT2D eigenvalue weighted by Crippen LogP contribution is 2.13. The molecule has 0 saturated heterocycles.